The van der Waals surface area contributed by atoms with Crippen LogP contribution in [0.25, 0.3) is 27.8 Å². The van der Waals surface area contributed by atoms with Gasteiger partial charge in [0.25, 0.3) is 0 Å². The molecule has 0 bridgehead atoms. The molecular formula is C50H52FN13O4. The molecule has 1 unspecified atom stereocenters. The van der Waals surface area contributed by atoms with Crippen LogP contribution in [0.1, 0.15) is 67.3 Å². The van der Waals surface area contributed by atoms with Gasteiger partial charge in [0.1, 0.15) is 23.7 Å². The second-order valence-corrected chi connectivity index (χ2v) is 18.2. The number of carbonyl (C=O) groups excluding carboxylic acids is 4. The van der Waals surface area contributed by atoms with Gasteiger partial charge in [-0.05, 0) is 99.1 Å². The Kier molecular flexibility index (Phi) is 12.6. The number of carbonyl (C=O) groups is 4. The van der Waals surface area contributed by atoms with E-state index < -0.39 is 11.9 Å². The van der Waals surface area contributed by atoms with Crippen LogP contribution < -0.4 is 15.5 Å². The lowest BCUT2D eigenvalue weighted by Gasteiger charge is -2.36. The van der Waals surface area contributed by atoms with Crippen LogP contribution in [-0.4, -0.2) is 133 Å². The van der Waals surface area contributed by atoms with Crippen molar-refractivity contribution in [1.82, 2.24) is 49.4 Å². The molecule has 4 saturated heterocycles. The number of anilines is 2. The predicted molar refractivity (Wildman–Crippen MR) is 251 cm³/mol. The van der Waals surface area contributed by atoms with E-state index in [2.05, 4.69) is 61.0 Å². The summed E-state index contributed by atoms with van der Waals surface area (Å²) in [6, 6.07) is 19.1. The monoisotopic (exact) mass is 917 g/mol. The van der Waals surface area contributed by atoms with E-state index in [-0.39, 0.29) is 36.1 Å². The Morgan fingerprint density at radius 2 is 1.54 bits per heavy atom. The molecule has 9 heterocycles. The van der Waals surface area contributed by atoms with Gasteiger partial charge in [0.2, 0.25) is 23.6 Å². The first-order valence-electron chi connectivity index (χ1n) is 23.4. The quantitative estimate of drug-likeness (QED) is 0.169. The normalized spacial score (nSPS) is 18.7. The Morgan fingerprint density at radius 1 is 0.765 bits per heavy atom. The zero-order chi connectivity index (χ0) is 46.7. The lowest BCUT2D eigenvalue weighted by Crippen LogP contribution is -2.49. The molecule has 4 aliphatic heterocycles. The number of nitrogens with one attached hydrogen (secondary N) is 2. The number of pyridine rings is 3. The number of rotatable bonds is 11. The summed E-state index contributed by atoms with van der Waals surface area (Å²) in [7, 11) is 0. The Labute approximate surface area is 392 Å². The van der Waals surface area contributed by atoms with Crippen LogP contribution in [-0.2, 0) is 25.6 Å². The fourth-order valence-corrected chi connectivity index (χ4v) is 9.94. The highest BCUT2D eigenvalue weighted by molar-refractivity contribution is 6.01. The molecule has 4 aliphatic rings. The number of amides is 4. The molecule has 18 heteroatoms. The molecule has 4 fully saturated rings. The van der Waals surface area contributed by atoms with Gasteiger partial charge in [-0.1, -0.05) is 12.1 Å². The van der Waals surface area contributed by atoms with Crippen molar-refractivity contribution in [3.63, 3.8) is 0 Å². The predicted octanol–water partition coefficient (Wildman–Crippen LogP) is 4.82. The van der Waals surface area contributed by atoms with Gasteiger partial charge < -0.3 is 20.0 Å². The Hall–Kier alpha value is -7.52. The summed E-state index contributed by atoms with van der Waals surface area (Å²) >= 11 is 0. The average Bonchev–Trinajstić information content (AvgIpc) is 4.04. The number of hydrogen-bond acceptors (Lipinski definition) is 12. The van der Waals surface area contributed by atoms with Crippen LogP contribution in [0.3, 0.4) is 0 Å². The number of aromatic nitrogens is 6. The van der Waals surface area contributed by atoms with Gasteiger partial charge in [-0.2, -0.15) is 15.5 Å². The van der Waals surface area contributed by atoms with Crippen LogP contribution in [0.2, 0.25) is 0 Å². The van der Waals surface area contributed by atoms with Crippen molar-refractivity contribution in [3.05, 3.63) is 114 Å². The van der Waals surface area contributed by atoms with Crippen molar-refractivity contribution in [3.8, 4) is 28.3 Å². The molecule has 0 radical (unpaired) electrons. The van der Waals surface area contributed by atoms with Crippen molar-refractivity contribution in [2.45, 2.75) is 62.9 Å². The lowest BCUT2D eigenvalue weighted by atomic mass is 9.89. The van der Waals surface area contributed by atoms with E-state index in [0.29, 0.717) is 81.3 Å². The fourth-order valence-electron chi connectivity index (χ4n) is 9.94. The number of halogens is 1. The Balaban J connectivity index is 0.719. The number of hydrogen-bond donors (Lipinski definition) is 2. The summed E-state index contributed by atoms with van der Waals surface area (Å²) in [6.07, 6.45) is 14.8. The summed E-state index contributed by atoms with van der Waals surface area (Å²) in [5.41, 5.74) is 7.26. The largest absolute Gasteiger partial charge is 0.374 e. The smallest absolute Gasteiger partial charge is 0.249 e. The van der Waals surface area contributed by atoms with E-state index in [1.807, 2.05) is 52.4 Å². The first-order chi connectivity index (χ1) is 33.1. The number of piperazine rings is 1. The minimum atomic E-state index is -0.431. The molecule has 10 rings (SSSR count). The summed E-state index contributed by atoms with van der Waals surface area (Å²) in [6.45, 7) is 5.76. The number of fused-ring (bicyclic) bond motifs is 1. The second-order valence-electron chi connectivity index (χ2n) is 18.2. The van der Waals surface area contributed by atoms with Crippen molar-refractivity contribution in [2.75, 3.05) is 69.1 Å². The van der Waals surface area contributed by atoms with Crippen LogP contribution in [0.5, 0.6) is 0 Å². The highest BCUT2D eigenvalue weighted by Gasteiger charge is 2.30. The van der Waals surface area contributed by atoms with E-state index in [9.17, 15) is 28.8 Å². The molecule has 5 aromatic heterocycles. The molecule has 4 amide bonds. The van der Waals surface area contributed by atoms with E-state index in [1.165, 1.54) is 17.7 Å². The molecule has 1 atom stereocenters. The Morgan fingerprint density at radius 3 is 2.25 bits per heavy atom. The van der Waals surface area contributed by atoms with Gasteiger partial charge >= 0.3 is 0 Å². The number of piperidine rings is 3. The third kappa shape index (κ3) is 9.65. The maximum Gasteiger partial charge on any atom is 0.249 e. The highest BCUT2D eigenvalue weighted by atomic mass is 19.1. The topological polar surface area (TPSA) is 190 Å². The molecule has 0 spiro atoms. The Bertz CT molecular complexity index is 2850. The number of likely N-dealkylation sites (tertiary alicyclic amines) is 2. The van der Waals surface area contributed by atoms with Gasteiger partial charge in [-0.3, -0.25) is 39.1 Å². The van der Waals surface area contributed by atoms with Gasteiger partial charge in [0, 0.05) is 97.9 Å². The third-order valence-corrected chi connectivity index (χ3v) is 13.9. The lowest BCUT2D eigenvalue weighted by molar-refractivity contribution is -0.135. The molecule has 68 heavy (non-hydrogen) atoms. The zero-order valence-electron chi connectivity index (χ0n) is 37.6. The van der Waals surface area contributed by atoms with Crippen molar-refractivity contribution in [2.24, 2.45) is 0 Å². The number of nitriles is 1. The van der Waals surface area contributed by atoms with Gasteiger partial charge in [0.15, 0.2) is 0 Å². The first kappa shape index (κ1) is 44.3. The summed E-state index contributed by atoms with van der Waals surface area (Å²) in [5, 5.41) is 25.0. The van der Waals surface area contributed by atoms with Crippen LogP contribution in [0, 0.1) is 17.1 Å². The van der Waals surface area contributed by atoms with Crippen LogP contribution in [0.15, 0.2) is 91.8 Å². The van der Waals surface area contributed by atoms with E-state index >= 15 is 0 Å². The zero-order valence-corrected chi connectivity index (χ0v) is 37.6. The van der Waals surface area contributed by atoms with Crippen molar-refractivity contribution < 1.29 is 23.6 Å². The number of imide groups is 1. The van der Waals surface area contributed by atoms with E-state index in [0.717, 1.165) is 78.7 Å². The molecular weight excluding hydrogens is 866 g/mol. The molecule has 6 aromatic rings. The second kappa shape index (κ2) is 19.4. The van der Waals surface area contributed by atoms with Gasteiger partial charge in [-0.15, -0.1) is 0 Å². The van der Waals surface area contributed by atoms with Gasteiger partial charge in [0.05, 0.1) is 48.7 Å². The average molecular weight is 918 g/mol. The third-order valence-electron chi connectivity index (χ3n) is 13.9. The fraction of sp³-hybridized carbons (Fsp3) is 0.380. The minimum absolute atomic E-state index is 0.0432. The first-order valence-corrected chi connectivity index (χ1v) is 23.4. The molecule has 1 aromatic carbocycles. The number of nitrogens with zero attached hydrogens (tertiary/aromatic N) is 11. The molecule has 0 saturated carbocycles. The van der Waals surface area contributed by atoms with Crippen molar-refractivity contribution in [1.29, 1.82) is 5.26 Å². The van der Waals surface area contributed by atoms with Gasteiger partial charge in [-0.25, -0.2) is 13.9 Å². The molecule has 0 aliphatic carbocycles. The standard InChI is InChI=1S/C50H52FN13O4/c51-39-4-7-41(53-29-39)24-47(66)62-21-19-60(20-22-62)45-9-3-35(26-54-45)43-23-36(30-64-49(43)37(25-52)27-56-64)38-28-55-63(31-38)42-13-17-61(18-14-42)48(67)32-59-15-11-34(12-16-59)33-1-5-40(6-2-33)57-44-8-10-46(65)58-50(44)68/h1-7,9,23,26-31,34,42,44,57H,8,10-22,24,32H2,(H,58,65,68). The SMILES string of the molecule is N#Cc1cnn2cc(-c3cnn(C4CCN(C(=O)CN5CCC(c6ccc(NC7CCC(=O)NC7=O)cc6)CC5)CC4)c3)cc(-c3ccc(N4CCN(C(=O)Cc5ccc(F)cn5)CC4)nc3)c12. The van der Waals surface area contributed by atoms with Crippen LogP contribution in [0.4, 0.5) is 15.9 Å². The van der Waals surface area contributed by atoms with E-state index in [1.54, 1.807) is 15.6 Å². The maximum atomic E-state index is 13.5. The van der Waals surface area contributed by atoms with E-state index in [4.69, 9.17) is 10.1 Å². The maximum absolute atomic E-state index is 13.5. The summed E-state index contributed by atoms with van der Waals surface area (Å²) in [4.78, 5) is 67.1. The van der Waals surface area contributed by atoms with Crippen molar-refractivity contribution >= 4 is 40.7 Å². The molecule has 17 nitrogen and oxygen atoms in total. The summed E-state index contributed by atoms with van der Waals surface area (Å²) < 4.78 is 17.0. The molecule has 348 valence electrons. The summed E-state index contributed by atoms with van der Waals surface area (Å²) in [5.74, 6) is 0.387. The van der Waals surface area contributed by atoms with Crippen LogP contribution >= 0.6 is 0 Å². The number of benzene rings is 1. The highest BCUT2D eigenvalue weighted by Crippen LogP contribution is 2.34. The minimum Gasteiger partial charge on any atom is -0.374 e. The molecule has 2 N–H and O–H groups in total.